The Morgan fingerprint density at radius 3 is 2.34 bits per heavy atom. The Morgan fingerprint density at radius 2 is 1.66 bits per heavy atom. The standard InChI is InChI=1S/C23H27N3O2S/c1-17-14-19(9-11-22(17)29(3,27)28)16-26-23(24-2)25-13-12-18-8-10-20-6-4-5-7-21(20)15-18/h4-11,14-15H,12-13,16H2,1-3H3,(H2,24,25,26). The smallest absolute Gasteiger partial charge is 0.191 e. The number of benzene rings is 3. The highest BCUT2D eigenvalue weighted by Crippen LogP contribution is 2.17. The lowest BCUT2D eigenvalue weighted by atomic mass is 10.1. The fourth-order valence-corrected chi connectivity index (χ4v) is 4.32. The monoisotopic (exact) mass is 409 g/mol. The van der Waals surface area contributed by atoms with Gasteiger partial charge < -0.3 is 10.6 Å². The number of rotatable bonds is 6. The van der Waals surface area contributed by atoms with E-state index in [-0.39, 0.29) is 0 Å². The minimum absolute atomic E-state index is 0.374. The SMILES string of the molecule is CN=C(NCCc1ccc2ccccc2c1)NCc1ccc(S(C)(=O)=O)c(C)c1. The molecule has 3 aromatic carbocycles. The Labute approximate surface area is 172 Å². The summed E-state index contributed by atoms with van der Waals surface area (Å²) in [7, 11) is -1.46. The summed E-state index contributed by atoms with van der Waals surface area (Å²) in [5.41, 5.74) is 3.04. The number of nitrogens with zero attached hydrogens (tertiary/aromatic N) is 1. The molecule has 0 atom stereocenters. The van der Waals surface area contributed by atoms with Crippen LogP contribution in [0.3, 0.4) is 0 Å². The second-order valence-corrected chi connectivity index (χ2v) is 9.14. The minimum atomic E-state index is -3.19. The normalized spacial score (nSPS) is 12.2. The van der Waals surface area contributed by atoms with Crippen LogP contribution in [0.15, 0.2) is 70.6 Å². The first-order chi connectivity index (χ1) is 13.9. The van der Waals surface area contributed by atoms with E-state index in [0.29, 0.717) is 11.4 Å². The molecule has 0 aliphatic heterocycles. The van der Waals surface area contributed by atoms with Gasteiger partial charge in [-0.05, 0) is 46.9 Å². The Hall–Kier alpha value is -2.86. The first-order valence-corrected chi connectivity index (χ1v) is 11.5. The van der Waals surface area contributed by atoms with Gasteiger partial charge in [0.05, 0.1) is 4.90 Å². The average Bonchev–Trinajstić information content (AvgIpc) is 2.69. The molecule has 3 aromatic rings. The second-order valence-electron chi connectivity index (χ2n) is 7.16. The molecule has 0 radical (unpaired) electrons. The Bertz CT molecular complexity index is 1140. The molecule has 0 fully saturated rings. The lowest BCUT2D eigenvalue weighted by Gasteiger charge is -2.13. The quantitative estimate of drug-likeness (QED) is 0.483. The Morgan fingerprint density at radius 1 is 0.931 bits per heavy atom. The molecule has 0 amide bonds. The lowest BCUT2D eigenvalue weighted by molar-refractivity contribution is 0.601. The van der Waals surface area contributed by atoms with E-state index in [1.165, 1.54) is 22.6 Å². The average molecular weight is 410 g/mol. The fraction of sp³-hybridized carbons (Fsp3) is 0.261. The molecule has 0 saturated heterocycles. The molecule has 3 rings (SSSR count). The van der Waals surface area contributed by atoms with Gasteiger partial charge in [0.25, 0.3) is 0 Å². The van der Waals surface area contributed by atoms with Crippen LogP contribution in [-0.4, -0.2) is 34.2 Å². The number of hydrogen-bond donors (Lipinski definition) is 2. The first kappa shape index (κ1) is 20.9. The van der Waals surface area contributed by atoms with Gasteiger partial charge in [0, 0.05) is 26.4 Å². The molecular formula is C23H27N3O2S. The maximum absolute atomic E-state index is 11.7. The van der Waals surface area contributed by atoms with Crippen molar-refractivity contribution in [2.24, 2.45) is 4.99 Å². The Balaban J connectivity index is 1.53. The molecule has 0 aliphatic carbocycles. The van der Waals surface area contributed by atoms with E-state index in [2.05, 4.69) is 58.1 Å². The molecule has 0 spiro atoms. The van der Waals surface area contributed by atoms with Crippen LogP contribution in [0, 0.1) is 6.92 Å². The third kappa shape index (κ3) is 5.57. The van der Waals surface area contributed by atoms with E-state index < -0.39 is 9.84 Å². The highest BCUT2D eigenvalue weighted by molar-refractivity contribution is 7.90. The molecule has 0 bridgehead atoms. The zero-order valence-corrected chi connectivity index (χ0v) is 17.9. The van der Waals surface area contributed by atoms with E-state index in [1.807, 2.05) is 19.1 Å². The molecule has 0 unspecified atom stereocenters. The summed E-state index contributed by atoms with van der Waals surface area (Å²) in [5, 5.41) is 9.11. The summed E-state index contributed by atoms with van der Waals surface area (Å²) < 4.78 is 23.5. The third-order valence-corrected chi connectivity index (χ3v) is 6.10. The molecule has 6 heteroatoms. The topological polar surface area (TPSA) is 70.6 Å². The summed E-state index contributed by atoms with van der Waals surface area (Å²) in [4.78, 5) is 4.64. The number of hydrogen-bond acceptors (Lipinski definition) is 3. The van der Waals surface area contributed by atoms with Crippen molar-refractivity contribution in [3.05, 3.63) is 77.4 Å². The number of guanidine groups is 1. The molecule has 0 aliphatic rings. The van der Waals surface area contributed by atoms with Crippen molar-refractivity contribution >= 4 is 26.6 Å². The van der Waals surface area contributed by atoms with Gasteiger partial charge in [0.1, 0.15) is 0 Å². The van der Waals surface area contributed by atoms with Crippen LogP contribution < -0.4 is 10.6 Å². The van der Waals surface area contributed by atoms with Crippen molar-refractivity contribution in [1.82, 2.24) is 10.6 Å². The summed E-state index contributed by atoms with van der Waals surface area (Å²) in [6.07, 6.45) is 2.13. The predicted molar refractivity (Wildman–Crippen MR) is 120 cm³/mol. The van der Waals surface area contributed by atoms with Gasteiger partial charge in [0.2, 0.25) is 0 Å². The summed E-state index contributed by atoms with van der Waals surface area (Å²) in [5.74, 6) is 0.718. The van der Waals surface area contributed by atoms with Gasteiger partial charge in [-0.25, -0.2) is 8.42 Å². The van der Waals surface area contributed by atoms with Crippen LogP contribution >= 0.6 is 0 Å². The molecule has 29 heavy (non-hydrogen) atoms. The number of aryl methyl sites for hydroxylation is 1. The molecular weight excluding hydrogens is 382 g/mol. The highest BCUT2D eigenvalue weighted by Gasteiger charge is 2.11. The van der Waals surface area contributed by atoms with Crippen molar-refractivity contribution in [2.75, 3.05) is 19.8 Å². The van der Waals surface area contributed by atoms with Crippen molar-refractivity contribution in [3.63, 3.8) is 0 Å². The summed E-state index contributed by atoms with van der Waals surface area (Å²) >= 11 is 0. The van der Waals surface area contributed by atoms with Crippen molar-refractivity contribution in [3.8, 4) is 0 Å². The molecule has 0 saturated carbocycles. The number of nitrogens with one attached hydrogen (secondary N) is 2. The lowest BCUT2D eigenvalue weighted by Crippen LogP contribution is -2.37. The molecule has 152 valence electrons. The van der Waals surface area contributed by atoms with Gasteiger partial charge in [-0.2, -0.15) is 0 Å². The number of sulfone groups is 1. The molecule has 0 heterocycles. The van der Waals surface area contributed by atoms with Gasteiger partial charge in [-0.1, -0.05) is 54.6 Å². The first-order valence-electron chi connectivity index (χ1n) is 9.58. The van der Waals surface area contributed by atoms with Crippen molar-refractivity contribution < 1.29 is 8.42 Å². The van der Waals surface area contributed by atoms with Gasteiger partial charge in [0.15, 0.2) is 15.8 Å². The van der Waals surface area contributed by atoms with Crippen molar-refractivity contribution in [2.45, 2.75) is 24.8 Å². The van der Waals surface area contributed by atoms with Gasteiger partial charge >= 0.3 is 0 Å². The predicted octanol–water partition coefficient (Wildman–Crippen LogP) is 3.46. The van der Waals surface area contributed by atoms with E-state index in [0.717, 1.165) is 30.1 Å². The summed E-state index contributed by atoms with van der Waals surface area (Å²) in [6, 6.07) is 20.3. The van der Waals surface area contributed by atoms with Crippen molar-refractivity contribution in [1.29, 1.82) is 0 Å². The van der Waals surface area contributed by atoms with Gasteiger partial charge in [-0.15, -0.1) is 0 Å². The van der Waals surface area contributed by atoms with Gasteiger partial charge in [-0.3, -0.25) is 4.99 Å². The van der Waals surface area contributed by atoms with Crippen LogP contribution in [0.2, 0.25) is 0 Å². The maximum Gasteiger partial charge on any atom is 0.191 e. The van der Waals surface area contributed by atoms with Crippen LogP contribution in [0.25, 0.3) is 10.8 Å². The molecule has 2 N–H and O–H groups in total. The minimum Gasteiger partial charge on any atom is -0.356 e. The van der Waals surface area contributed by atoms with Crippen LogP contribution in [0.5, 0.6) is 0 Å². The van der Waals surface area contributed by atoms with E-state index >= 15 is 0 Å². The fourth-order valence-electron chi connectivity index (χ4n) is 3.36. The largest absolute Gasteiger partial charge is 0.356 e. The zero-order chi connectivity index (χ0) is 20.9. The Kier molecular flexibility index (Phi) is 6.54. The number of aliphatic imine (C=N–C) groups is 1. The maximum atomic E-state index is 11.7. The molecule has 0 aromatic heterocycles. The van der Waals surface area contributed by atoms with Crippen LogP contribution in [-0.2, 0) is 22.8 Å². The van der Waals surface area contributed by atoms with E-state index in [4.69, 9.17) is 0 Å². The molecule has 5 nitrogen and oxygen atoms in total. The van der Waals surface area contributed by atoms with E-state index in [9.17, 15) is 8.42 Å². The number of fused-ring (bicyclic) bond motifs is 1. The van der Waals surface area contributed by atoms with E-state index in [1.54, 1.807) is 13.1 Å². The van der Waals surface area contributed by atoms with Crippen LogP contribution in [0.1, 0.15) is 16.7 Å². The summed E-state index contributed by atoms with van der Waals surface area (Å²) in [6.45, 7) is 3.15. The highest BCUT2D eigenvalue weighted by atomic mass is 32.2. The van der Waals surface area contributed by atoms with Crippen LogP contribution in [0.4, 0.5) is 0 Å². The third-order valence-electron chi connectivity index (χ3n) is 4.84. The second kappa shape index (κ2) is 9.09. The zero-order valence-electron chi connectivity index (χ0n) is 17.1.